The van der Waals surface area contributed by atoms with Crippen molar-refractivity contribution in [3.05, 3.63) is 58.6 Å². The van der Waals surface area contributed by atoms with E-state index in [-0.39, 0.29) is 0 Å². The molecular formula is C18H22BrN3. The fourth-order valence-electron chi connectivity index (χ4n) is 2.88. The van der Waals surface area contributed by atoms with Crippen LogP contribution in [0.1, 0.15) is 24.8 Å². The summed E-state index contributed by atoms with van der Waals surface area (Å²) in [7, 11) is 0. The molecule has 1 heterocycles. The van der Waals surface area contributed by atoms with E-state index in [1.807, 2.05) is 18.2 Å². The van der Waals surface area contributed by atoms with Crippen molar-refractivity contribution in [1.82, 2.24) is 5.43 Å². The van der Waals surface area contributed by atoms with E-state index in [9.17, 15) is 0 Å². The lowest BCUT2D eigenvalue weighted by atomic mass is 10.1. The van der Waals surface area contributed by atoms with Gasteiger partial charge in [0.15, 0.2) is 0 Å². The highest BCUT2D eigenvalue weighted by Crippen LogP contribution is 2.27. The van der Waals surface area contributed by atoms with Crippen LogP contribution in [0.2, 0.25) is 0 Å². The van der Waals surface area contributed by atoms with Gasteiger partial charge in [-0.15, -0.1) is 0 Å². The molecule has 3 nitrogen and oxygen atoms in total. The van der Waals surface area contributed by atoms with E-state index in [1.54, 1.807) is 0 Å². The summed E-state index contributed by atoms with van der Waals surface area (Å²) in [6.07, 6.45) is 3.94. The normalized spacial score (nSPS) is 14.9. The lowest BCUT2D eigenvalue weighted by Crippen LogP contribution is -2.31. The topological polar surface area (TPSA) is 27.3 Å². The van der Waals surface area contributed by atoms with Crippen LogP contribution in [0.25, 0.3) is 0 Å². The monoisotopic (exact) mass is 359 g/mol. The average Bonchev–Trinajstić information content (AvgIpc) is 2.58. The fraction of sp³-hybridized carbons (Fsp3) is 0.333. The quantitative estimate of drug-likeness (QED) is 0.766. The van der Waals surface area contributed by atoms with E-state index in [2.05, 4.69) is 62.0 Å². The summed E-state index contributed by atoms with van der Waals surface area (Å²) in [6.45, 7) is 3.12. The van der Waals surface area contributed by atoms with E-state index in [0.29, 0.717) is 0 Å². The smallest absolute Gasteiger partial charge is 0.0487 e. The lowest BCUT2D eigenvalue weighted by molar-refractivity contribution is 0.575. The first-order chi connectivity index (χ1) is 10.8. The van der Waals surface area contributed by atoms with Gasteiger partial charge in [0, 0.05) is 35.5 Å². The Labute approximate surface area is 140 Å². The van der Waals surface area contributed by atoms with Crippen LogP contribution in [0.3, 0.4) is 0 Å². The highest BCUT2D eigenvalue weighted by Gasteiger charge is 2.14. The number of anilines is 2. The van der Waals surface area contributed by atoms with Crippen LogP contribution < -0.4 is 15.8 Å². The van der Waals surface area contributed by atoms with Crippen LogP contribution in [0.4, 0.5) is 11.4 Å². The predicted molar refractivity (Wildman–Crippen MR) is 97.1 cm³/mol. The number of hydrogen-bond acceptors (Lipinski definition) is 3. The van der Waals surface area contributed by atoms with Crippen molar-refractivity contribution >= 4 is 27.3 Å². The van der Waals surface area contributed by atoms with Gasteiger partial charge in [-0.1, -0.05) is 40.2 Å². The number of para-hydroxylation sites is 1. The second kappa shape index (κ2) is 7.65. The number of hydrogen-bond donors (Lipinski definition) is 2. The van der Waals surface area contributed by atoms with Gasteiger partial charge in [0.25, 0.3) is 0 Å². The molecule has 0 aliphatic carbocycles. The third kappa shape index (κ3) is 4.02. The number of piperidine rings is 1. The molecule has 116 valence electrons. The molecule has 2 aromatic carbocycles. The molecule has 0 radical (unpaired) electrons. The van der Waals surface area contributed by atoms with Gasteiger partial charge in [-0.05, 0) is 49.1 Å². The molecule has 22 heavy (non-hydrogen) atoms. The maximum absolute atomic E-state index is 3.61. The summed E-state index contributed by atoms with van der Waals surface area (Å²) in [5, 5.41) is 0. The number of nitrogens with one attached hydrogen (secondary N) is 2. The summed E-state index contributed by atoms with van der Waals surface area (Å²) < 4.78 is 1.15. The molecule has 2 N–H and O–H groups in total. The Hall–Kier alpha value is -1.52. The zero-order valence-corrected chi connectivity index (χ0v) is 14.3. The Bertz CT molecular complexity index is 595. The Morgan fingerprint density at radius 1 is 0.955 bits per heavy atom. The molecular weight excluding hydrogens is 338 g/mol. The highest BCUT2D eigenvalue weighted by molar-refractivity contribution is 9.10. The van der Waals surface area contributed by atoms with Crippen molar-refractivity contribution < 1.29 is 0 Å². The predicted octanol–water partition coefficient (Wildman–Crippen LogP) is 4.56. The van der Waals surface area contributed by atoms with Crippen LogP contribution in [0.5, 0.6) is 0 Å². The first kappa shape index (κ1) is 15.4. The zero-order chi connectivity index (χ0) is 15.2. The van der Waals surface area contributed by atoms with E-state index in [4.69, 9.17) is 0 Å². The van der Waals surface area contributed by atoms with Crippen LogP contribution >= 0.6 is 15.9 Å². The van der Waals surface area contributed by atoms with E-state index >= 15 is 0 Å². The minimum atomic E-state index is 0.800. The largest absolute Gasteiger partial charge is 0.371 e. The van der Waals surface area contributed by atoms with Crippen LogP contribution in [0, 0.1) is 0 Å². The maximum Gasteiger partial charge on any atom is 0.0487 e. The molecule has 0 atom stereocenters. The third-order valence-electron chi connectivity index (χ3n) is 4.03. The van der Waals surface area contributed by atoms with Gasteiger partial charge in [0.05, 0.1) is 0 Å². The Kier molecular flexibility index (Phi) is 5.35. The summed E-state index contributed by atoms with van der Waals surface area (Å²) in [6, 6.07) is 16.8. The molecule has 2 aromatic rings. The van der Waals surface area contributed by atoms with Crippen molar-refractivity contribution in [3.8, 4) is 0 Å². The lowest BCUT2D eigenvalue weighted by Gasteiger charge is -2.31. The van der Waals surface area contributed by atoms with Crippen molar-refractivity contribution in [2.24, 2.45) is 0 Å². The van der Waals surface area contributed by atoms with Gasteiger partial charge in [0.2, 0.25) is 0 Å². The number of nitrogens with zero attached hydrogens (tertiary/aromatic N) is 1. The van der Waals surface area contributed by atoms with E-state index in [1.165, 1.54) is 30.5 Å². The van der Waals surface area contributed by atoms with E-state index < -0.39 is 0 Å². The SMILES string of the molecule is Brc1ccc(CNNc2ccccc2)c(N2CCCCC2)c1. The first-order valence-corrected chi connectivity index (χ1v) is 8.69. The summed E-state index contributed by atoms with van der Waals surface area (Å²) >= 11 is 3.61. The van der Waals surface area contributed by atoms with Crippen molar-refractivity contribution in [2.45, 2.75) is 25.8 Å². The fourth-order valence-corrected chi connectivity index (χ4v) is 3.23. The molecule has 0 aromatic heterocycles. The van der Waals surface area contributed by atoms with Crippen molar-refractivity contribution in [3.63, 3.8) is 0 Å². The maximum atomic E-state index is 3.61. The second-order valence-electron chi connectivity index (χ2n) is 5.67. The molecule has 1 saturated heterocycles. The van der Waals surface area contributed by atoms with Crippen molar-refractivity contribution in [1.29, 1.82) is 0 Å². The molecule has 4 heteroatoms. The zero-order valence-electron chi connectivity index (χ0n) is 12.7. The van der Waals surface area contributed by atoms with E-state index in [0.717, 1.165) is 29.8 Å². The molecule has 0 spiro atoms. The minimum Gasteiger partial charge on any atom is -0.371 e. The molecule has 1 aliphatic heterocycles. The molecule has 0 saturated carbocycles. The molecule has 1 fully saturated rings. The number of benzene rings is 2. The van der Waals surface area contributed by atoms with Gasteiger partial charge in [-0.2, -0.15) is 0 Å². The van der Waals surface area contributed by atoms with Gasteiger partial charge < -0.3 is 10.3 Å². The van der Waals surface area contributed by atoms with Crippen molar-refractivity contribution in [2.75, 3.05) is 23.4 Å². The van der Waals surface area contributed by atoms with Crippen LogP contribution in [-0.2, 0) is 6.54 Å². The van der Waals surface area contributed by atoms with Gasteiger partial charge in [-0.3, -0.25) is 0 Å². The minimum absolute atomic E-state index is 0.800. The van der Waals surface area contributed by atoms with Gasteiger partial charge in [0.1, 0.15) is 0 Å². The number of rotatable bonds is 5. The second-order valence-corrected chi connectivity index (χ2v) is 6.58. The standard InChI is InChI=1S/C18H22BrN3/c19-16-10-9-15(14-20-21-17-7-3-1-4-8-17)18(13-16)22-11-5-2-6-12-22/h1,3-4,7-10,13,20-21H,2,5-6,11-12,14H2. The van der Waals surface area contributed by atoms with Crippen LogP contribution in [-0.4, -0.2) is 13.1 Å². The Morgan fingerprint density at radius 3 is 2.50 bits per heavy atom. The number of halogens is 1. The number of hydrazine groups is 1. The van der Waals surface area contributed by atoms with Crippen LogP contribution in [0.15, 0.2) is 53.0 Å². The molecule has 0 bridgehead atoms. The molecule has 3 rings (SSSR count). The summed E-state index contributed by atoms with van der Waals surface area (Å²) in [4.78, 5) is 2.51. The third-order valence-corrected chi connectivity index (χ3v) is 4.52. The molecule has 1 aliphatic rings. The Morgan fingerprint density at radius 2 is 1.73 bits per heavy atom. The highest BCUT2D eigenvalue weighted by atomic mass is 79.9. The summed E-state index contributed by atoms with van der Waals surface area (Å²) in [5.41, 5.74) is 10.3. The van der Waals surface area contributed by atoms with Gasteiger partial charge >= 0.3 is 0 Å². The molecule has 0 amide bonds. The Balaban J connectivity index is 1.67. The van der Waals surface area contributed by atoms with Gasteiger partial charge in [-0.25, -0.2) is 5.43 Å². The summed E-state index contributed by atoms with van der Waals surface area (Å²) in [5.74, 6) is 0. The molecule has 0 unspecified atom stereocenters. The average molecular weight is 360 g/mol. The first-order valence-electron chi connectivity index (χ1n) is 7.90.